The molecule has 1 aromatic heterocycles. The van der Waals surface area contributed by atoms with E-state index in [1.165, 1.54) is 11.3 Å². The summed E-state index contributed by atoms with van der Waals surface area (Å²) in [7, 11) is 0. The monoisotopic (exact) mass is 207 g/mol. The smallest absolute Gasteiger partial charge is 0.125 e. The highest BCUT2D eigenvalue weighted by Gasteiger charge is 2.16. The van der Waals surface area contributed by atoms with E-state index in [0.29, 0.717) is 13.2 Å². The van der Waals surface area contributed by atoms with Crippen molar-refractivity contribution in [1.82, 2.24) is 9.97 Å². The van der Waals surface area contributed by atoms with Crippen LogP contribution in [0.2, 0.25) is 0 Å². The highest BCUT2D eigenvalue weighted by molar-refractivity contribution is 5.27. The lowest BCUT2D eigenvalue weighted by Crippen LogP contribution is -2.17. The van der Waals surface area contributed by atoms with Crippen LogP contribution in [0.5, 0.6) is 0 Å². The Kier molecular flexibility index (Phi) is 3.28. The Morgan fingerprint density at radius 1 is 1.40 bits per heavy atom. The number of rotatable bonds is 3. The van der Waals surface area contributed by atoms with E-state index >= 15 is 0 Å². The van der Waals surface area contributed by atoms with E-state index in [0.717, 1.165) is 37.4 Å². The SMILES string of the molecule is Cc1nc(CCCN)c2c(n1)COCC2. The van der Waals surface area contributed by atoms with Crippen molar-refractivity contribution in [3.8, 4) is 0 Å². The lowest BCUT2D eigenvalue weighted by atomic mass is 10.0. The molecule has 0 aliphatic carbocycles. The fourth-order valence-electron chi connectivity index (χ4n) is 1.94. The topological polar surface area (TPSA) is 61.0 Å². The van der Waals surface area contributed by atoms with Gasteiger partial charge in [0.1, 0.15) is 5.82 Å². The number of ether oxygens (including phenoxy) is 1. The highest BCUT2D eigenvalue weighted by atomic mass is 16.5. The van der Waals surface area contributed by atoms with Crippen molar-refractivity contribution in [2.45, 2.75) is 32.8 Å². The van der Waals surface area contributed by atoms with Crippen LogP contribution in [0.15, 0.2) is 0 Å². The molecule has 0 fully saturated rings. The summed E-state index contributed by atoms with van der Waals surface area (Å²) in [4.78, 5) is 8.92. The number of aromatic nitrogens is 2. The standard InChI is InChI=1S/C11H17N3O/c1-8-13-10(3-2-5-12)9-4-6-15-7-11(9)14-8/h2-7,12H2,1H3. The Balaban J connectivity index is 2.30. The van der Waals surface area contributed by atoms with Gasteiger partial charge in [-0.1, -0.05) is 0 Å². The van der Waals surface area contributed by atoms with Crippen LogP contribution in [-0.4, -0.2) is 23.1 Å². The van der Waals surface area contributed by atoms with Gasteiger partial charge in [0.15, 0.2) is 0 Å². The number of aryl methyl sites for hydroxylation is 2. The maximum Gasteiger partial charge on any atom is 0.125 e. The Morgan fingerprint density at radius 2 is 2.27 bits per heavy atom. The molecule has 1 aliphatic heterocycles. The minimum absolute atomic E-state index is 0.633. The van der Waals surface area contributed by atoms with Crippen molar-refractivity contribution in [3.05, 3.63) is 22.8 Å². The van der Waals surface area contributed by atoms with Crippen molar-refractivity contribution in [1.29, 1.82) is 0 Å². The number of hydrogen-bond donors (Lipinski definition) is 1. The van der Waals surface area contributed by atoms with Crippen molar-refractivity contribution >= 4 is 0 Å². The van der Waals surface area contributed by atoms with Crippen molar-refractivity contribution in [2.75, 3.05) is 13.2 Å². The maximum atomic E-state index is 5.52. The van der Waals surface area contributed by atoms with Gasteiger partial charge in [0, 0.05) is 5.69 Å². The lowest BCUT2D eigenvalue weighted by Gasteiger charge is -2.18. The van der Waals surface area contributed by atoms with Crippen LogP contribution in [-0.2, 0) is 24.2 Å². The molecule has 2 rings (SSSR count). The molecule has 0 atom stereocenters. The Bertz CT molecular complexity index is 352. The minimum Gasteiger partial charge on any atom is -0.375 e. The second-order valence-corrected chi connectivity index (χ2v) is 3.84. The van der Waals surface area contributed by atoms with Crippen LogP contribution >= 0.6 is 0 Å². The Hall–Kier alpha value is -1.00. The van der Waals surface area contributed by atoms with Gasteiger partial charge < -0.3 is 10.5 Å². The van der Waals surface area contributed by atoms with Gasteiger partial charge in [0.2, 0.25) is 0 Å². The molecule has 0 saturated heterocycles. The summed E-state index contributed by atoms with van der Waals surface area (Å²) in [6, 6.07) is 0. The molecular weight excluding hydrogens is 190 g/mol. The zero-order valence-electron chi connectivity index (χ0n) is 9.12. The molecule has 0 unspecified atom stereocenters. The van der Waals surface area contributed by atoms with Gasteiger partial charge in [-0.15, -0.1) is 0 Å². The summed E-state index contributed by atoms with van der Waals surface area (Å²) in [6.07, 6.45) is 2.89. The normalized spacial score (nSPS) is 15.1. The molecule has 0 spiro atoms. The van der Waals surface area contributed by atoms with Gasteiger partial charge >= 0.3 is 0 Å². The van der Waals surface area contributed by atoms with E-state index < -0.39 is 0 Å². The summed E-state index contributed by atoms with van der Waals surface area (Å²) in [6.45, 7) is 4.07. The average molecular weight is 207 g/mol. The molecule has 4 nitrogen and oxygen atoms in total. The summed E-state index contributed by atoms with van der Waals surface area (Å²) < 4.78 is 5.40. The van der Waals surface area contributed by atoms with Gasteiger partial charge in [-0.25, -0.2) is 9.97 Å². The summed E-state index contributed by atoms with van der Waals surface area (Å²) in [5.74, 6) is 0.839. The van der Waals surface area contributed by atoms with Gasteiger partial charge in [-0.05, 0) is 38.3 Å². The van der Waals surface area contributed by atoms with Gasteiger partial charge in [-0.3, -0.25) is 0 Å². The average Bonchev–Trinajstić information content (AvgIpc) is 2.25. The van der Waals surface area contributed by atoms with Gasteiger partial charge in [-0.2, -0.15) is 0 Å². The summed E-state index contributed by atoms with van der Waals surface area (Å²) in [5, 5.41) is 0. The van der Waals surface area contributed by atoms with Crippen LogP contribution in [0.25, 0.3) is 0 Å². The quantitative estimate of drug-likeness (QED) is 0.794. The molecule has 0 bridgehead atoms. The van der Waals surface area contributed by atoms with Crippen LogP contribution < -0.4 is 5.73 Å². The third-order valence-electron chi connectivity index (χ3n) is 2.64. The van der Waals surface area contributed by atoms with Gasteiger partial charge in [0.25, 0.3) is 0 Å². The third-order valence-corrected chi connectivity index (χ3v) is 2.64. The minimum atomic E-state index is 0.633. The van der Waals surface area contributed by atoms with Crippen LogP contribution in [0.3, 0.4) is 0 Å². The molecule has 1 aromatic rings. The fraction of sp³-hybridized carbons (Fsp3) is 0.636. The molecule has 82 valence electrons. The van der Waals surface area contributed by atoms with Crippen molar-refractivity contribution in [2.24, 2.45) is 5.73 Å². The van der Waals surface area contributed by atoms with Gasteiger partial charge in [0.05, 0.1) is 18.9 Å². The zero-order valence-corrected chi connectivity index (χ0v) is 9.12. The zero-order chi connectivity index (χ0) is 10.7. The first-order chi connectivity index (χ1) is 7.31. The first-order valence-corrected chi connectivity index (χ1v) is 5.44. The van der Waals surface area contributed by atoms with E-state index in [-0.39, 0.29) is 0 Å². The second-order valence-electron chi connectivity index (χ2n) is 3.84. The first-order valence-electron chi connectivity index (χ1n) is 5.44. The molecule has 0 saturated carbocycles. The predicted molar refractivity (Wildman–Crippen MR) is 57.5 cm³/mol. The van der Waals surface area contributed by atoms with E-state index in [2.05, 4.69) is 9.97 Å². The Morgan fingerprint density at radius 3 is 3.07 bits per heavy atom. The van der Waals surface area contributed by atoms with E-state index in [4.69, 9.17) is 10.5 Å². The fourth-order valence-corrected chi connectivity index (χ4v) is 1.94. The van der Waals surface area contributed by atoms with Crippen LogP contribution in [0.4, 0.5) is 0 Å². The van der Waals surface area contributed by atoms with E-state index in [1.807, 2.05) is 6.92 Å². The number of fused-ring (bicyclic) bond motifs is 1. The number of nitrogens with zero attached hydrogens (tertiary/aromatic N) is 2. The lowest BCUT2D eigenvalue weighted by molar-refractivity contribution is 0.106. The molecule has 0 aromatic carbocycles. The summed E-state index contributed by atoms with van der Waals surface area (Å²) in [5.41, 5.74) is 9.06. The number of hydrogen-bond acceptors (Lipinski definition) is 4. The highest BCUT2D eigenvalue weighted by Crippen LogP contribution is 2.19. The molecule has 2 heterocycles. The number of nitrogens with two attached hydrogens (primary N) is 1. The molecule has 0 radical (unpaired) electrons. The molecule has 0 amide bonds. The van der Waals surface area contributed by atoms with Crippen molar-refractivity contribution in [3.63, 3.8) is 0 Å². The van der Waals surface area contributed by atoms with Crippen molar-refractivity contribution < 1.29 is 4.74 Å². The van der Waals surface area contributed by atoms with E-state index in [1.54, 1.807) is 0 Å². The molecule has 2 N–H and O–H groups in total. The molecular formula is C11H17N3O. The largest absolute Gasteiger partial charge is 0.375 e. The Labute approximate surface area is 89.9 Å². The summed E-state index contributed by atoms with van der Waals surface area (Å²) >= 11 is 0. The second kappa shape index (κ2) is 4.68. The maximum absolute atomic E-state index is 5.52. The third kappa shape index (κ3) is 2.33. The van der Waals surface area contributed by atoms with Crippen LogP contribution in [0.1, 0.15) is 29.2 Å². The van der Waals surface area contributed by atoms with E-state index in [9.17, 15) is 0 Å². The van der Waals surface area contributed by atoms with Crippen LogP contribution in [0, 0.1) is 6.92 Å². The molecule has 1 aliphatic rings. The molecule has 4 heteroatoms. The predicted octanol–water partition coefficient (Wildman–Crippen LogP) is 0.749. The first kappa shape index (κ1) is 10.5. The molecule has 15 heavy (non-hydrogen) atoms.